The van der Waals surface area contributed by atoms with Crippen molar-refractivity contribution in [3.8, 4) is 68.0 Å². The second-order valence-electron chi connectivity index (χ2n) is 13.0. The van der Waals surface area contributed by atoms with Crippen LogP contribution in [0.2, 0.25) is 0 Å². The Balaban J connectivity index is 1.33. The standard InChI is InChI=1S/C46H30N4O/c1-29-15-14-28-47-41(29)40-34(45-49-43(30-16-4-2-5-17-30)48-44(50-45)31-18-6-3-7-19-31)26-27-38-42(40)51-39-25-13-12-24-37(39)46(38)35-22-10-8-20-32(35)33-21-9-11-23-36(33)46/h2-28H,1H3. The van der Waals surface area contributed by atoms with Crippen LogP contribution in [0, 0.1) is 6.92 Å². The first-order chi connectivity index (χ1) is 25.2. The fraction of sp³-hybridized carbons (Fsp3) is 0.0435. The van der Waals surface area contributed by atoms with Gasteiger partial charge in [-0.2, -0.15) is 0 Å². The molecule has 8 aromatic rings. The van der Waals surface area contributed by atoms with Crippen molar-refractivity contribution in [1.29, 1.82) is 0 Å². The first-order valence-corrected chi connectivity index (χ1v) is 17.2. The molecule has 3 heterocycles. The van der Waals surface area contributed by atoms with Crippen LogP contribution in [0.4, 0.5) is 0 Å². The van der Waals surface area contributed by atoms with Crippen molar-refractivity contribution in [3.05, 3.63) is 192 Å². The van der Waals surface area contributed by atoms with Gasteiger partial charge in [0.15, 0.2) is 17.5 Å². The number of hydrogen-bond donors (Lipinski definition) is 0. The minimum absolute atomic E-state index is 0.550. The van der Waals surface area contributed by atoms with Gasteiger partial charge >= 0.3 is 0 Å². The maximum atomic E-state index is 7.12. The lowest BCUT2D eigenvalue weighted by Crippen LogP contribution is -2.32. The highest BCUT2D eigenvalue weighted by molar-refractivity contribution is 5.94. The van der Waals surface area contributed by atoms with Gasteiger partial charge in [0.1, 0.15) is 11.5 Å². The maximum Gasteiger partial charge on any atom is 0.164 e. The van der Waals surface area contributed by atoms with E-state index in [-0.39, 0.29) is 0 Å². The Kier molecular flexibility index (Phi) is 6.55. The molecule has 1 aliphatic carbocycles. The fourth-order valence-corrected chi connectivity index (χ4v) is 8.02. The van der Waals surface area contributed by atoms with E-state index in [1.165, 1.54) is 22.3 Å². The maximum absolute atomic E-state index is 7.12. The Morgan fingerprint density at radius 3 is 1.63 bits per heavy atom. The van der Waals surface area contributed by atoms with Crippen LogP contribution in [0.25, 0.3) is 56.5 Å². The van der Waals surface area contributed by atoms with Crippen LogP contribution < -0.4 is 4.74 Å². The van der Waals surface area contributed by atoms with Crippen LogP contribution in [0.1, 0.15) is 27.8 Å². The van der Waals surface area contributed by atoms with E-state index in [1.54, 1.807) is 0 Å². The highest BCUT2D eigenvalue weighted by Gasteiger charge is 2.51. The summed E-state index contributed by atoms with van der Waals surface area (Å²) in [5.41, 5.74) is 11.8. The zero-order valence-corrected chi connectivity index (χ0v) is 27.8. The van der Waals surface area contributed by atoms with Crippen LogP contribution in [0.3, 0.4) is 0 Å². The van der Waals surface area contributed by atoms with Gasteiger partial charge in [-0.3, -0.25) is 4.98 Å². The Bertz CT molecular complexity index is 2530. The Morgan fingerprint density at radius 2 is 1.00 bits per heavy atom. The fourth-order valence-electron chi connectivity index (χ4n) is 8.02. The van der Waals surface area contributed by atoms with Crippen LogP contribution in [-0.4, -0.2) is 19.9 Å². The van der Waals surface area contributed by atoms with Crippen molar-refractivity contribution < 1.29 is 4.74 Å². The first kappa shape index (κ1) is 29.2. The third-order valence-corrected chi connectivity index (χ3v) is 10.2. The zero-order valence-electron chi connectivity index (χ0n) is 27.8. The van der Waals surface area contributed by atoms with E-state index in [4.69, 9.17) is 24.7 Å². The summed E-state index contributed by atoms with van der Waals surface area (Å²) in [5, 5.41) is 0. The summed E-state index contributed by atoms with van der Waals surface area (Å²) in [5.74, 6) is 3.32. The number of rotatable bonds is 4. The zero-order chi connectivity index (χ0) is 33.9. The van der Waals surface area contributed by atoms with Gasteiger partial charge in [-0.15, -0.1) is 0 Å². The SMILES string of the molecule is Cc1cccnc1-c1c(-c2nc(-c3ccccc3)nc(-c3ccccc3)n2)ccc2c1Oc1ccccc1C21c2ccccc2-c2ccccc21. The van der Waals surface area contributed by atoms with Crippen molar-refractivity contribution in [2.24, 2.45) is 0 Å². The molecular formula is C46H30N4O. The molecule has 0 saturated carbocycles. The van der Waals surface area contributed by atoms with Gasteiger partial charge in [-0.05, 0) is 52.9 Å². The van der Waals surface area contributed by atoms with Gasteiger partial charge in [0.05, 0.1) is 16.7 Å². The number of ether oxygens (including phenoxy) is 1. The number of hydrogen-bond acceptors (Lipinski definition) is 5. The molecule has 51 heavy (non-hydrogen) atoms. The van der Waals surface area contributed by atoms with Crippen molar-refractivity contribution >= 4 is 0 Å². The Hall–Kier alpha value is -6.72. The normalized spacial score (nSPS) is 13.1. The lowest BCUT2D eigenvalue weighted by molar-refractivity contribution is 0.438. The molecule has 240 valence electrons. The van der Waals surface area contributed by atoms with Crippen LogP contribution >= 0.6 is 0 Å². The predicted octanol–water partition coefficient (Wildman–Crippen LogP) is 10.7. The molecule has 0 radical (unpaired) electrons. The third kappa shape index (κ3) is 4.35. The highest BCUT2D eigenvalue weighted by atomic mass is 16.5. The summed E-state index contributed by atoms with van der Waals surface area (Å²) in [7, 11) is 0. The Morgan fingerprint density at radius 1 is 0.451 bits per heavy atom. The largest absolute Gasteiger partial charge is 0.456 e. The van der Waals surface area contributed by atoms with Crippen molar-refractivity contribution in [2.45, 2.75) is 12.3 Å². The van der Waals surface area contributed by atoms with E-state index in [0.717, 1.165) is 56.1 Å². The number of para-hydroxylation sites is 1. The van der Waals surface area contributed by atoms with Crippen LogP contribution in [-0.2, 0) is 5.41 Å². The number of fused-ring (bicyclic) bond motifs is 9. The smallest absolute Gasteiger partial charge is 0.164 e. The molecule has 2 aromatic heterocycles. The van der Waals surface area contributed by atoms with E-state index in [9.17, 15) is 0 Å². The molecule has 0 saturated heterocycles. The lowest BCUT2D eigenvalue weighted by Gasteiger charge is -2.40. The quantitative estimate of drug-likeness (QED) is 0.189. The van der Waals surface area contributed by atoms with E-state index in [2.05, 4.69) is 91.9 Å². The number of aryl methyl sites for hydroxylation is 1. The molecule has 10 rings (SSSR count). The average Bonchev–Trinajstić information content (AvgIpc) is 3.49. The molecule has 1 spiro atoms. The van der Waals surface area contributed by atoms with Crippen LogP contribution in [0.15, 0.2) is 164 Å². The third-order valence-electron chi connectivity index (χ3n) is 10.2. The minimum atomic E-state index is -0.614. The van der Waals surface area contributed by atoms with Crippen molar-refractivity contribution in [3.63, 3.8) is 0 Å². The summed E-state index contributed by atoms with van der Waals surface area (Å²) < 4.78 is 7.12. The summed E-state index contributed by atoms with van der Waals surface area (Å²) >= 11 is 0. The summed E-state index contributed by atoms with van der Waals surface area (Å²) in [6.45, 7) is 2.09. The van der Waals surface area contributed by atoms with Gasteiger partial charge < -0.3 is 4.74 Å². The van der Waals surface area contributed by atoms with E-state index in [1.807, 2.05) is 79.0 Å². The molecular weight excluding hydrogens is 625 g/mol. The molecule has 0 unspecified atom stereocenters. The molecule has 0 bridgehead atoms. The highest BCUT2D eigenvalue weighted by Crippen LogP contribution is 2.63. The summed E-state index contributed by atoms with van der Waals surface area (Å²) in [6.07, 6.45) is 1.84. The lowest BCUT2D eigenvalue weighted by atomic mass is 9.65. The number of pyridine rings is 1. The topological polar surface area (TPSA) is 60.8 Å². The van der Waals surface area contributed by atoms with Gasteiger partial charge in [-0.25, -0.2) is 15.0 Å². The van der Waals surface area contributed by atoms with Gasteiger partial charge in [-0.1, -0.05) is 140 Å². The van der Waals surface area contributed by atoms with Gasteiger partial charge in [0, 0.05) is 34.0 Å². The number of benzene rings is 6. The molecule has 2 aliphatic rings. The predicted molar refractivity (Wildman–Crippen MR) is 201 cm³/mol. The summed E-state index contributed by atoms with van der Waals surface area (Å²) in [6, 6.07) is 54.6. The molecule has 6 aromatic carbocycles. The second-order valence-corrected chi connectivity index (χ2v) is 13.0. The average molecular weight is 655 g/mol. The molecule has 0 N–H and O–H groups in total. The van der Waals surface area contributed by atoms with E-state index >= 15 is 0 Å². The molecule has 0 amide bonds. The molecule has 0 atom stereocenters. The molecule has 1 aliphatic heterocycles. The molecule has 5 nitrogen and oxygen atoms in total. The summed E-state index contributed by atoms with van der Waals surface area (Å²) in [4.78, 5) is 20.3. The van der Waals surface area contributed by atoms with Crippen LogP contribution in [0.5, 0.6) is 11.5 Å². The van der Waals surface area contributed by atoms with Gasteiger partial charge in [0.2, 0.25) is 0 Å². The van der Waals surface area contributed by atoms with E-state index < -0.39 is 5.41 Å². The Labute approximate surface area is 296 Å². The van der Waals surface area contributed by atoms with Crippen molar-refractivity contribution in [2.75, 3.05) is 0 Å². The first-order valence-electron chi connectivity index (χ1n) is 17.2. The van der Waals surface area contributed by atoms with E-state index in [0.29, 0.717) is 17.5 Å². The monoisotopic (exact) mass is 654 g/mol. The van der Waals surface area contributed by atoms with Crippen molar-refractivity contribution in [1.82, 2.24) is 19.9 Å². The molecule has 5 heteroatoms. The number of nitrogens with zero attached hydrogens (tertiary/aromatic N) is 4. The number of aromatic nitrogens is 4. The van der Waals surface area contributed by atoms with Gasteiger partial charge in [0.25, 0.3) is 0 Å². The molecule has 0 fully saturated rings. The minimum Gasteiger partial charge on any atom is -0.456 e. The second kappa shape index (κ2) is 11.4.